The number of carbonyl (C=O) groups excluding carboxylic acids is 8. The first-order valence-corrected chi connectivity index (χ1v) is 43.8. The van der Waals surface area contributed by atoms with Gasteiger partial charge in [0, 0.05) is 75.4 Å². The molecule has 6 aliphatic rings. The summed E-state index contributed by atoms with van der Waals surface area (Å²) in [4.78, 5) is 111. The maximum atomic E-state index is 13.6. The molecule has 0 aromatic heterocycles. The van der Waals surface area contributed by atoms with Gasteiger partial charge in [-0.25, -0.2) is 9.59 Å². The minimum Gasteiger partial charge on any atom is -0.502 e. The van der Waals surface area contributed by atoms with Gasteiger partial charge in [0.1, 0.15) is 34.4 Å². The number of fused-ring (bicyclic) bond motifs is 2. The quantitative estimate of drug-likeness (QED) is 0.0171. The van der Waals surface area contributed by atoms with Crippen LogP contribution in [0.25, 0.3) is 0 Å². The Hall–Kier alpha value is -6.76. The smallest absolute Gasteiger partial charge is 0.332 e. The second-order valence-corrected chi connectivity index (χ2v) is 37.5. The number of allylic oxidation sites excluding steroid dienone is 2. The third-order valence-corrected chi connectivity index (χ3v) is 21.0. The number of halogens is 3. The Kier molecular flexibility index (Phi) is 35.0. The Morgan fingerprint density at radius 2 is 1.39 bits per heavy atom. The zero-order valence-electron chi connectivity index (χ0n) is 67.1. The third kappa shape index (κ3) is 27.0. The summed E-state index contributed by atoms with van der Waals surface area (Å²) in [6.45, 7) is 43.7. The van der Waals surface area contributed by atoms with Crippen molar-refractivity contribution in [3.8, 4) is 5.75 Å². The first kappa shape index (κ1) is 92.1. The average molecular weight is 1680 g/mol. The number of nitrogens with one attached hydrogen (secondary N) is 2. The number of aliphatic hydroxyl groups is 2. The van der Waals surface area contributed by atoms with Gasteiger partial charge in [-0.1, -0.05) is 59.7 Å². The fourth-order valence-corrected chi connectivity index (χ4v) is 16.2. The zero-order valence-corrected chi connectivity index (χ0v) is 71.1. The summed E-state index contributed by atoms with van der Waals surface area (Å²) < 4.78 is 40.0. The number of benzene rings is 3. The van der Waals surface area contributed by atoms with Gasteiger partial charge in [0.25, 0.3) is 0 Å². The van der Waals surface area contributed by atoms with Crippen molar-refractivity contribution in [1.29, 1.82) is 0 Å². The molecule has 110 heavy (non-hydrogen) atoms. The van der Waals surface area contributed by atoms with E-state index < -0.39 is 119 Å². The van der Waals surface area contributed by atoms with Crippen molar-refractivity contribution >= 4 is 94.5 Å². The Labute approximate surface area is 669 Å². The van der Waals surface area contributed by atoms with E-state index in [1.165, 1.54) is 54.6 Å². The molecule has 612 valence electrons. The fraction of sp³-hybridized carbons (Fsp3) is 0.590. The number of β-amino-alcohol motifs (C(OH)–C–C–N with tert-alkyl or cyclic N) is 1. The summed E-state index contributed by atoms with van der Waals surface area (Å²) in [6, 6.07) is 12.6. The Bertz CT molecular complexity index is 3690. The minimum absolute atomic E-state index is 0.00187. The zero-order chi connectivity index (χ0) is 81.8. The molecule has 0 spiro atoms. The molecule has 0 radical (unpaired) electrons. The maximum Gasteiger partial charge on any atom is 0.332 e. The average Bonchev–Trinajstić information content (AvgIpc) is 1.59. The molecule has 3 saturated heterocycles. The van der Waals surface area contributed by atoms with Crippen LogP contribution in [0.2, 0.25) is 5.02 Å². The molecule has 5 fully saturated rings. The van der Waals surface area contributed by atoms with Crippen LogP contribution < -0.4 is 25.2 Å². The first-order chi connectivity index (χ1) is 51.7. The van der Waals surface area contributed by atoms with Gasteiger partial charge >= 0.3 is 132 Å². The van der Waals surface area contributed by atoms with Crippen molar-refractivity contribution in [2.45, 2.75) is 228 Å². The van der Waals surface area contributed by atoms with Crippen LogP contribution >= 0.6 is 31.0 Å². The Morgan fingerprint density at radius 1 is 0.809 bits per heavy atom. The fourth-order valence-electron chi connectivity index (χ4n) is 14.2. The number of aryl methyl sites for hydroxylation is 6. The molecule has 4 aliphatic heterocycles. The molecule has 2 aliphatic carbocycles. The molecule has 23 nitrogen and oxygen atoms in total. The first-order valence-electron chi connectivity index (χ1n) is 38.0. The molecule has 3 aromatic carbocycles. The monoisotopic (exact) mass is 1680 g/mol. The van der Waals surface area contributed by atoms with Gasteiger partial charge in [0.15, 0.2) is 0 Å². The van der Waals surface area contributed by atoms with Gasteiger partial charge in [-0.2, -0.15) is 6.67 Å². The topological polar surface area (TPSA) is 279 Å². The number of likely N-dealkylation sites (tertiary alicyclic amines) is 1. The van der Waals surface area contributed by atoms with Gasteiger partial charge in [0.2, 0.25) is 23.6 Å². The van der Waals surface area contributed by atoms with Crippen LogP contribution in [-0.4, -0.2) is 191 Å². The number of esters is 4. The molecule has 4 amide bonds. The van der Waals surface area contributed by atoms with E-state index in [0.717, 1.165) is 30.8 Å². The summed E-state index contributed by atoms with van der Waals surface area (Å²) >= 11 is 4.04. The van der Waals surface area contributed by atoms with Crippen LogP contribution in [0.3, 0.4) is 0 Å². The summed E-state index contributed by atoms with van der Waals surface area (Å²) in [5.74, 6) is -5.68. The molecule has 9 rings (SSSR count). The number of hydrogen-bond donors (Lipinski definition) is 4. The van der Waals surface area contributed by atoms with Crippen molar-refractivity contribution in [3.63, 3.8) is 0 Å². The molecule has 0 bridgehead atoms. The molecule has 0 unspecified atom stereocenters. The number of ether oxygens (including phenoxy) is 7. The largest absolute Gasteiger partial charge is 0.502 e. The van der Waals surface area contributed by atoms with Crippen LogP contribution in [0.5, 0.6) is 5.75 Å². The molecule has 4 N–H and O–H groups in total. The van der Waals surface area contributed by atoms with E-state index in [2.05, 4.69) is 106 Å². The van der Waals surface area contributed by atoms with Crippen molar-refractivity contribution in [2.24, 2.45) is 23.7 Å². The number of carbonyl (C=O) groups is 8. The number of amides is 4. The van der Waals surface area contributed by atoms with E-state index in [9.17, 15) is 48.6 Å². The van der Waals surface area contributed by atoms with E-state index in [-0.39, 0.29) is 83.1 Å². The van der Waals surface area contributed by atoms with E-state index in [0.29, 0.717) is 50.3 Å². The van der Waals surface area contributed by atoms with Gasteiger partial charge < -0.3 is 68.9 Å². The summed E-state index contributed by atoms with van der Waals surface area (Å²) in [7, 11) is 11.7. The number of unbranched alkanes of at least 4 members (excludes halogenated alkanes) is 1. The number of aliphatic hydroxyl groups excluding tert-OH is 2. The molecule has 4 heterocycles. The van der Waals surface area contributed by atoms with Crippen molar-refractivity contribution in [2.75, 3.05) is 75.6 Å². The Balaban J connectivity index is 0.000000240. The van der Waals surface area contributed by atoms with Crippen LogP contribution in [0, 0.1) is 71.9 Å². The third-order valence-electron chi connectivity index (χ3n) is 19.0. The van der Waals surface area contributed by atoms with Gasteiger partial charge in [-0.3, -0.25) is 28.8 Å². The number of rotatable bonds is 23. The van der Waals surface area contributed by atoms with E-state index in [4.69, 9.17) is 64.1 Å². The predicted molar refractivity (Wildman–Crippen MR) is 425 cm³/mol. The molecule has 3 aromatic rings. The summed E-state index contributed by atoms with van der Waals surface area (Å²) in [5.41, 5.74) is 7.89. The second kappa shape index (κ2) is 41.9. The minimum atomic E-state index is -1.85. The van der Waals surface area contributed by atoms with Gasteiger partial charge in [0.05, 0.1) is 63.3 Å². The second-order valence-electron chi connectivity index (χ2n) is 31.3. The summed E-state index contributed by atoms with van der Waals surface area (Å²) in [6.07, 6.45) is 8.74. The van der Waals surface area contributed by atoms with Crippen LogP contribution in [-0.2, 0) is 80.3 Å². The number of hydrogen-bond acceptors (Lipinski definition) is 19. The van der Waals surface area contributed by atoms with Crippen molar-refractivity contribution in [3.05, 3.63) is 131 Å². The van der Waals surface area contributed by atoms with E-state index in [1.807, 2.05) is 42.7 Å². The molecule has 27 heteroatoms. The normalized spacial score (nSPS) is 23.7. The Morgan fingerprint density at radius 3 is 1.94 bits per heavy atom. The van der Waals surface area contributed by atoms with Crippen LogP contribution in [0.15, 0.2) is 79.9 Å². The SMILES string of the molecule is C=CCCCOC[C@H](CC(=O)OC(C)(C)C)C(=O)N1C[C@H](O)C[C@H]1C(=O)N[C@]1(C(=O)OCC)C[C@H]1C=C.CC(C)Oc1ccc(Cl)cc1[CH]=[Ru]([Cl])[Cl].CCOC(=O)[C@@]12C[C@H]1/C=C\CCCOC[C@H](CC(=O)OC(C)(C)C)C(=O)N1C[C@H](O)C[C@H]1C(=O)N2.Cc1cc(C)c(N2[CH-]N(c3c(C)cc(C)cc3C)CC2)c(C)c1. The maximum absolute atomic E-state index is 13.6. The van der Waals surface area contributed by atoms with Gasteiger partial charge in [-0.15, -0.1) is 13.2 Å². The van der Waals surface area contributed by atoms with Gasteiger partial charge in [-0.05, 0) is 158 Å². The van der Waals surface area contributed by atoms with Crippen LogP contribution in [0.1, 0.15) is 172 Å². The van der Waals surface area contributed by atoms with Crippen LogP contribution in [0.4, 0.5) is 11.4 Å². The molecule has 10 atom stereocenters. The predicted octanol–water partition coefficient (Wildman–Crippen LogP) is 12.2. The number of nitrogens with zero attached hydrogens (tertiary/aromatic N) is 4. The van der Waals surface area contributed by atoms with Crippen molar-refractivity contribution < 1.29 is 95.2 Å². The standard InChI is InChI=1S/C27H42N2O8.C25H38N2O8.C21H27N2.C10H11ClO.2ClH.Ru/c1-7-10-11-12-35-17-18(13-22(31)37-26(4,5)6)24(33)29-16-20(30)14-21(29)23(32)28-27(15-19(27)8-2)25(34)36-9-3;1-5-34-23(32)25-13-17(25)9-7-6-8-10-33-15-16(11-20(29)35-24(2,3)4)22(31)27-14-18(28)12-19(27)21(30)26-25;1-14-9-16(3)20(17(4)10-14)22-7-8-23(13-22)21-18(5)11-15(2)12-19(21)6;1-7(2)12-10-5-4-9(11)6-8(10)3;;;/h7-8,18-21,30H,1-2,9-17H2,3-6H3,(H,28,32);7,9,16-19,28H,5-6,8,10-15H2,1-4H3,(H,26,30);9-13H,7-8H2,1-6H3;3-7H,1-2H3;2*1H;/q;;-1;;;;+2/p-2/b;9-7-;;;;;/t18-,19+,20+,21-,27+;16-,17+,18+,19-,25+;;;;;/m00...../s1. The van der Waals surface area contributed by atoms with Crippen molar-refractivity contribution in [1.82, 2.24) is 20.4 Å². The molecule has 2 saturated carbocycles. The summed E-state index contributed by atoms with van der Waals surface area (Å²) in [5, 5.41) is 26.9. The van der Waals surface area contributed by atoms with E-state index in [1.54, 1.807) is 73.6 Å². The molecular formula is C83H118Cl3N6O17Ru-. The number of anilines is 2. The van der Waals surface area contributed by atoms with E-state index >= 15 is 0 Å². The molecular weight excluding hydrogens is 1560 g/mol.